The fraction of sp³-hybridized carbons (Fsp3) is 0.150. The Morgan fingerprint density at radius 2 is 1.97 bits per heavy atom. The maximum Gasteiger partial charge on any atom is 0.257 e. The average Bonchev–Trinajstić information content (AvgIpc) is 3.15. The van der Waals surface area contributed by atoms with Crippen LogP contribution in [0.5, 0.6) is 5.75 Å². The second-order valence-corrected chi connectivity index (χ2v) is 8.64. The van der Waals surface area contributed by atoms with Crippen LogP contribution in [0.1, 0.15) is 16.1 Å². The molecule has 3 rings (SSSR count). The Balaban J connectivity index is 1.44. The van der Waals surface area contributed by atoms with Crippen molar-refractivity contribution in [1.82, 2.24) is 4.98 Å². The summed E-state index contributed by atoms with van der Waals surface area (Å²) in [6, 6.07) is 14.3. The van der Waals surface area contributed by atoms with Gasteiger partial charge in [-0.15, -0.1) is 23.1 Å². The Morgan fingerprint density at radius 1 is 1.17 bits per heavy atom. The molecule has 0 atom stereocenters. The van der Waals surface area contributed by atoms with Crippen molar-refractivity contribution in [2.45, 2.75) is 5.75 Å². The zero-order valence-electron chi connectivity index (χ0n) is 15.5. The minimum Gasteiger partial charge on any atom is -0.497 e. The molecule has 0 saturated carbocycles. The lowest BCUT2D eigenvalue weighted by Crippen LogP contribution is -2.14. The summed E-state index contributed by atoms with van der Waals surface area (Å²) in [5.74, 6) is 1.34. The molecule has 0 fully saturated rings. The molecule has 2 aromatic carbocycles. The van der Waals surface area contributed by atoms with Crippen molar-refractivity contribution < 1.29 is 14.3 Å². The molecule has 2 amide bonds. The highest BCUT2D eigenvalue weighted by atomic mass is 79.9. The van der Waals surface area contributed by atoms with E-state index in [-0.39, 0.29) is 11.8 Å². The van der Waals surface area contributed by atoms with E-state index in [4.69, 9.17) is 4.74 Å². The van der Waals surface area contributed by atoms with E-state index < -0.39 is 0 Å². The van der Waals surface area contributed by atoms with Crippen molar-refractivity contribution >= 4 is 61.7 Å². The molecule has 0 radical (unpaired) electrons. The van der Waals surface area contributed by atoms with Crippen LogP contribution < -0.4 is 15.4 Å². The number of nitrogens with one attached hydrogen (secondary N) is 2. The summed E-state index contributed by atoms with van der Waals surface area (Å²) in [7, 11) is 1.60. The van der Waals surface area contributed by atoms with Gasteiger partial charge in [0.2, 0.25) is 5.91 Å². The van der Waals surface area contributed by atoms with Gasteiger partial charge in [0.05, 0.1) is 18.6 Å². The first-order chi connectivity index (χ1) is 14.0. The minimum absolute atomic E-state index is 0.0847. The van der Waals surface area contributed by atoms with E-state index in [1.54, 1.807) is 49.6 Å². The van der Waals surface area contributed by atoms with Gasteiger partial charge in [-0.05, 0) is 42.5 Å². The van der Waals surface area contributed by atoms with E-state index in [2.05, 4.69) is 31.5 Å². The van der Waals surface area contributed by atoms with Crippen molar-refractivity contribution in [3.05, 3.63) is 69.6 Å². The number of halogens is 1. The number of benzene rings is 2. The molecule has 0 aliphatic rings. The number of nitrogens with zero attached hydrogens (tertiary/aromatic N) is 1. The number of aromatic nitrogens is 1. The van der Waals surface area contributed by atoms with Crippen LogP contribution in [-0.4, -0.2) is 29.7 Å². The third-order valence-electron chi connectivity index (χ3n) is 3.72. The quantitative estimate of drug-likeness (QED) is 0.461. The lowest BCUT2D eigenvalue weighted by atomic mass is 10.2. The van der Waals surface area contributed by atoms with Crippen LogP contribution in [0.25, 0.3) is 0 Å². The van der Waals surface area contributed by atoms with Crippen molar-refractivity contribution in [3.8, 4) is 5.75 Å². The molecular weight excluding hydrogens is 474 g/mol. The molecule has 3 aromatic rings. The van der Waals surface area contributed by atoms with Crippen LogP contribution in [0.3, 0.4) is 0 Å². The maximum atomic E-state index is 12.3. The Morgan fingerprint density at radius 3 is 2.69 bits per heavy atom. The summed E-state index contributed by atoms with van der Waals surface area (Å²) in [6.07, 6.45) is 0. The monoisotopic (exact) mass is 491 g/mol. The average molecular weight is 492 g/mol. The molecule has 0 spiro atoms. The molecule has 0 bridgehead atoms. The maximum absolute atomic E-state index is 12.3. The molecular formula is C20H18BrN3O3S2. The number of methoxy groups -OCH3 is 1. The fourth-order valence-corrected chi connectivity index (χ4v) is 4.28. The molecule has 150 valence electrons. The van der Waals surface area contributed by atoms with Gasteiger partial charge in [-0.3, -0.25) is 14.9 Å². The highest BCUT2D eigenvalue weighted by Gasteiger charge is 2.10. The number of thiazole rings is 1. The number of ether oxygens (including phenoxy) is 1. The van der Waals surface area contributed by atoms with Gasteiger partial charge < -0.3 is 10.1 Å². The first-order valence-electron chi connectivity index (χ1n) is 8.56. The van der Waals surface area contributed by atoms with E-state index in [9.17, 15) is 9.59 Å². The Kier molecular flexibility index (Phi) is 7.68. The van der Waals surface area contributed by atoms with E-state index in [1.165, 1.54) is 23.1 Å². The van der Waals surface area contributed by atoms with E-state index in [0.29, 0.717) is 22.2 Å². The van der Waals surface area contributed by atoms with E-state index >= 15 is 0 Å². The SMILES string of the molecule is COc1ccc(NC(=O)CSCc2csc(NC(=O)c3cccc(Br)c3)n2)cc1. The molecule has 0 unspecified atom stereocenters. The first-order valence-corrected chi connectivity index (χ1v) is 11.4. The van der Waals surface area contributed by atoms with Gasteiger partial charge in [0, 0.05) is 26.9 Å². The zero-order chi connectivity index (χ0) is 20.6. The number of carbonyl (C=O) groups is 2. The van der Waals surface area contributed by atoms with Crippen LogP contribution in [0.4, 0.5) is 10.8 Å². The predicted molar refractivity (Wildman–Crippen MR) is 122 cm³/mol. The van der Waals surface area contributed by atoms with E-state index in [0.717, 1.165) is 21.6 Å². The van der Waals surface area contributed by atoms with Gasteiger partial charge in [0.25, 0.3) is 5.91 Å². The largest absolute Gasteiger partial charge is 0.497 e. The number of hydrogen-bond donors (Lipinski definition) is 2. The number of anilines is 2. The summed E-state index contributed by atoms with van der Waals surface area (Å²) in [6.45, 7) is 0. The topological polar surface area (TPSA) is 80.3 Å². The standard InChI is InChI=1S/C20H18BrN3O3S2/c1-27-17-7-5-15(6-8-17)22-18(25)12-28-10-16-11-29-20(23-16)24-19(26)13-3-2-4-14(21)9-13/h2-9,11H,10,12H2,1H3,(H,22,25)(H,23,24,26). The van der Waals surface area contributed by atoms with Gasteiger partial charge >= 0.3 is 0 Å². The number of hydrogen-bond acceptors (Lipinski definition) is 6. The fourth-order valence-electron chi connectivity index (χ4n) is 2.35. The van der Waals surface area contributed by atoms with Gasteiger partial charge in [0.15, 0.2) is 5.13 Å². The molecule has 6 nitrogen and oxygen atoms in total. The molecule has 2 N–H and O–H groups in total. The lowest BCUT2D eigenvalue weighted by molar-refractivity contribution is -0.113. The van der Waals surface area contributed by atoms with Crippen molar-refractivity contribution in [3.63, 3.8) is 0 Å². The smallest absolute Gasteiger partial charge is 0.257 e. The second-order valence-electron chi connectivity index (χ2n) is 5.88. The Hall–Kier alpha value is -2.36. The van der Waals surface area contributed by atoms with Crippen LogP contribution in [-0.2, 0) is 10.5 Å². The number of carbonyl (C=O) groups excluding carboxylic acids is 2. The second kappa shape index (κ2) is 10.4. The third kappa shape index (κ3) is 6.59. The number of rotatable bonds is 8. The Bertz CT molecular complexity index is 993. The van der Waals surface area contributed by atoms with Crippen molar-refractivity contribution in [1.29, 1.82) is 0 Å². The van der Waals surface area contributed by atoms with Gasteiger partial charge in [-0.25, -0.2) is 4.98 Å². The summed E-state index contributed by atoms with van der Waals surface area (Å²) in [5.41, 5.74) is 2.10. The van der Waals surface area contributed by atoms with Crippen molar-refractivity contribution in [2.24, 2.45) is 0 Å². The van der Waals surface area contributed by atoms with E-state index in [1.807, 2.05) is 11.4 Å². The van der Waals surface area contributed by atoms with Crippen LogP contribution in [0, 0.1) is 0 Å². The summed E-state index contributed by atoms with van der Waals surface area (Å²) < 4.78 is 5.94. The summed E-state index contributed by atoms with van der Waals surface area (Å²) in [5, 5.41) is 8.05. The molecule has 1 aromatic heterocycles. The van der Waals surface area contributed by atoms with Crippen LogP contribution in [0.15, 0.2) is 58.4 Å². The third-order valence-corrected chi connectivity index (χ3v) is 5.98. The van der Waals surface area contributed by atoms with Crippen molar-refractivity contribution in [2.75, 3.05) is 23.5 Å². The van der Waals surface area contributed by atoms with Crippen LogP contribution in [0.2, 0.25) is 0 Å². The van der Waals surface area contributed by atoms with Crippen LogP contribution >= 0.6 is 39.0 Å². The highest BCUT2D eigenvalue weighted by Crippen LogP contribution is 2.21. The predicted octanol–water partition coefficient (Wildman–Crippen LogP) is 5.04. The highest BCUT2D eigenvalue weighted by molar-refractivity contribution is 9.10. The number of amides is 2. The zero-order valence-corrected chi connectivity index (χ0v) is 18.7. The molecule has 0 aliphatic carbocycles. The normalized spacial score (nSPS) is 10.4. The molecule has 0 aliphatic heterocycles. The van der Waals surface area contributed by atoms with Gasteiger partial charge in [0.1, 0.15) is 5.75 Å². The molecule has 1 heterocycles. The Labute approximate surface area is 185 Å². The van der Waals surface area contributed by atoms with Gasteiger partial charge in [-0.1, -0.05) is 22.0 Å². The summed E-state index contributed by atoms with van der Waals surface area (Å²) >= 11 is 6.17. The lowest BCUT2D eigenvalue weighted by Gasteiger charge is -2.06. The minimum atomic E-state index is -0.210. The molecule has 0 saturated heterocycles. The van der Waals surface area contributed by atoms with Gasteiger partial charge in [-0.2, -0.15) is 0 Å². The molecule has 9 heteroatoms. The summed E-state index contributed by atoms with van der Waals surface area (Å²) in [4.78, 5) is 28.7. The number of thioether (sulfide) groups is 1. The molecule has 29 heavy (non-hydrogen) atoms. The first kappa shape index (κ1) is 21.4.